The lowest BCUT2D eigenvalue weighted by Crippen LogP contribution is -2.13. The summed E-state index contributed by atoms with van der Waals surface area (Å²) in [5.74, 6) is 0.660. The Morgan fingerprint density at radius 1 is 1.67 bits per heavy atom. The van der Waals surface area contributed by atoms with E-state index in [1.165, 1.54) is 6.42 Å². The standard InChI is InChI=1S/C7H11NO/c1-8-6-2-5(9)4-3-7(4,6)8/h4-6,9H,2-3H2,1H3. The molecule has 0 radical (unpaired) electrons. The first-order chi connectivity index (χ1) is 4.27. The summed E-state index contributed by atoms with van der Waals surface area (Å²) in [7, 11) is 2.18. The molecule has 1 spiro atoms. The van der Waals surface area contributed by atoms with Gasteiger partial charge >= 0.3 is 0 Å². The van der Waals surface area contributed by atoms with Gasteiger partial charge in [0, 0.05) is 17.5 Å². The van der Waals surface area contributed by atoms with Gasteiger partial charge in [0.25, 0.3) is 0 Å². The summed E-state index contributed by atoms with van der Waals surface area (Å²) < 4.78 is 0. The molecule has 0 bridgehead atoms. The van der Waals surface area contributed by atoms with Crippen molar-refractivity contribution in [2.75, 3.05) is 7.05 Å². The predicted octanol–water partition coefficient (Wildman–Crippen LogP) is -0.176. The van der Waals surface area contributed by atoms with Crippen LogP contribution >= 0.6 is 0 Å². The second-order valence-corrected chi connectivity index (χ2v) is 3.73. The maximum Gasteiger partial charge on any atom is 0.0603 e. The zero-order chi connectivity index (χ0) is 6.22. The van der Waals surface area contributed by atoms with Gasteiger partial charge in [-0.15, -0.1) is 0 Å². The Labute approximate surface area is 54.5 Å². The Morgan fingerprint density at radius 3 is 2.78 bits per heavy atom. The minimum Gasteiger partial charge on any atom is -0.393 e. The van der Waals surface area contributed by atoms with E-state index in [4.69, 9.17) is 0 Å². The molecule has 0 aromatic carbocycles. The SMILES string of the molecule is CN1C2CC(O)C3CC321. The van der Waals surface area contributed by atoms with Gasteiger partial charge in [0.2, 0.25) is 0 Å². The fraction of sp³-hybridized carbons (Fsp3) is 1.00. The molecular formula is C7H11NO. The summed E-state index contributed by atoms with van der Waals surface area (Å²) in [5, 5.41) is 9.33. The van der Waals surface area contributed by atoms with E-state index in [2.05, 4.69) is 11.9 Å². The zero-order valence-electron chi connectivity index (χ0n) is 5.54. The van der Waals surface area contributed by atoms with Crippen LogP contribution in [-0.2, 0) is 0 Å². The second kappa shape index (κ2) is 0.956. The molecule has 0 aromatic heterocycles. The molecule has 5 unspecified atom stereocenters. The highest BCUT2D eigenvalue weighted by Gasteiger charge is 2.81. The molecule has 3 rings (SSSR count). The largest absolute Gasteiger partial charge is 0.393 e. The first kappa shape index (κ1) is 4.69. The summed E-state index contributed by atoms with van der Waals surface area (Å²) in [6, 6.07) is 0.762. The van der Waals surface area contributed by atoms with Crippen LogP contribution in [0.15, 0.2) is 0 Å². The van der Waals surface area contributed by atoms with Crippen molar-refractivity contribution in [1.29, 1.82) is 0 Å². The molecule has 3 fully saturated rings. The summed E-state index contributed by atoms with van der Waals surface area (Å²) >= 11 is 0. The zero-order valence-corrected chi connectivity index (χ0v) is 5.54. The normalized spacial score (nSPS) is 75.3. The van der Waals surface area contributed by atoms with E-state index in [1.807, 2.05) is 0 Å². The topological polar surface area (TPSA) is 23.2 Å². The predicted molar refractivity (Wildman–Crippen MR) is 33.0 cm³/mol. The Hall–Kier alpha value is -0.0800. The first-order valence-electron chi connectivity index (χ1n) is 3.68. The third kappa shape index (κ3) is 0.290. The van der Waals surface area contributed by atoms with Crippen molar-refractivity contribution in [2.45, 2.75) is 30.5 Å². The first-order valence-corrected chi connectivity index (χ1v) is 3.68. The number of hydrogen-bond donors (Lipinski definition) is 1. The fourth-order valence-electron chi connectivity index (χ4n) is 2.87. The van der Waals surface area contributed by atoms with Crippen molar-refractivity contribution in [3.05, 3.63) is 0 Å². The summed E-state index contributed by atoms with van der Waals surface area (Å²) in [4.78, 5) is 2.42. The number of piperidine rings is 1. The lowest BCUT2D eigenvalue weighted by Gasteiger charge is -2.05. The number of aliphatic hydroxyl groups is 1. The van der Waals surface area contributed by atoms with Crippen molar-refractivity contribution in [2.24, 2.45) is 5.92 Å². The maximum absolute atomic E-state index is 9.33. The molecule has 2 nitrogen and oxygen atoms in total. The van der Waals surface area contributed by atoms with Crippen LogP contribution in [0.2, 0.25) is 0 Å². The summed E-state index contributed by atoms with van der Waals surface area (Å²) in [5.41, 5.74) is 0.541. The van der Waals surface area contributed by atoms with Gasteiger partial charge in [-0.2, -0.15) is 0 Å². The molecule has 0 amide bonds. The number of likely N-dealkylation sites (N-methyl/N-ethyl adjacent to an activating group) is 1. The average molecular weight is 125 g/mol. The maximum atomic E-state index is 9.33. The highest BCUT2D eigenvalue weighted by Crippen LogP contribution is 2.71. The Kier molecular flexibility index (Phi) is 0.498. The van der Waals surface area contributed by atoms with Gasteiger partial charge in [-0.3, -0.25) is 4.90 Å². The lowest BCUT2D eigenvalue weighted by atomic mass is 10.2. The van der Waals surface area contributed by atoms with Crippen molar-refractivity contribution in [3.63, 3.8) is 0 Å². The molecule has 2 saturated carbocycles. The van der Waals surface area contributed by atoms with E-state index in [0.29, 0.717) is 11.5 Å². The van der Waals surface area contributed by atoms with Crippen LogP contribution < -0.4 is 0 Å². The molecule has 3 aliphatic rings. The molecule has 0 aromatic rings. The molecule has 2 heteroatoms. The monoisotopic (exact) mass is 125 g/mol. The van der Waals surface area contributed by atoms with E-state index in [1.54, 1.807) is 0 Å². The van der Waals surface area contributed by atoms with Gasteiger partial charge in [-0.05, 0) is 19.9 Å². The van der Waals surface area contributed by atoms with Gasteiger partial charge in [0.1, 0.15) is 0 Å². The van der Waals surface area contributed by atoms with E-state index >= 15 is 0 Å². The molecule has 1 N–H and O–H groups in total. The molecule has 2 aliphatic carbocycles. The van der Waals surface area contributed by atoms with Crippen LogP contribution in [0.4, 0.5) is 0 Å². The average Bonchev–Trinajstić information content (AvgIpc) is 2.62. The van der Waals surface area contributed by atoms with E-state index in [0.717, 1.165) is 12.5 Å². The van der Waals surface area contributed by atoms with Gasteiger partial charge in [0.05, 0.1) is 6.10 Å². The molecule has 1 aliphatic heterocycles. The number of rotatable bonds is 0. The van der Waals surface area contributed by atoms with Gasteiger partial charge in [-0.1, -0.05) is 0 Å². The van der Waals surface area contributed by atoms with Crippen molar-refractivity contribution < 1.29 is 5.11 Å². The third-order valence-electron chi connectivity index (χ3n) is 3.59. The Balaban J connectivity index is 1.97. The van der Waals surface area contributed by atoms with Crippen molar-refractivity contribution in [1.82, 2.24) is 4.90 Å². The molecule has 1 saturated heterocycles. The van der Waals surface area contributed by atoms with Crippen LogP contribution in [0.3, 0.4) is 0 Å². The molecule has 9 heavy (non-hydrogen) atoms. The van der Waals surface area contributed by atoms with Gasteiger partial charge in [-0.25, -0.2) is 0 Å². The third-order valence-corrected chi connectivity index (χ3v) is 3.59. The molecule has 50 valence electrons. The Bertz CT molecular complexity index is 174. The molecule has 1 heterocycles. The highest BCUT2D eigenvalue weighted by molar-refractivity contribution is 5.36. The smallest absolute Gasteiger partial charge is 0.0603 e. The quantitative estimate of drug-likeness (QED) is 0.454. The van der Waals surface area contributed by atoms with Crippen LogP contribution in [0.1, 0.15) is 12.8 Å². The van der Waals surface area contributed by atoms with Crippen LogP contribution in [-0.4, -0.2) is 34.7 Å². The number of likely N-dealkylation sites (tertiary alicyclic amines) is 1. The van der Waals surface area contributed by atoms with Crippen molar-refractivity contribution in [3.8, 4) is 0 Å². The van der Waals surface area contributed by atoms with Gasteiger partial charge in [0.15, 0.2) is 0 Å². The fourth-order valence-corrected chi connectivity index (χ4v) is 2.87. The van der Waals surface area contributed by atoms with Crippen LogP contribution in [0, 0.1) is 5.92 Å². The van der Waals surface area contributed by atoms with Crippen LogP contribution in [0.5, 0.6) is 0 Å². The van der Waals surface area contributed by atoms with Crippen molar-refractivity contribution >= 4 is 0 Å². The van der Waals surface area contributed by atoms with E-state index in [9.17, 15) is 5.11 Å². The van der Waals surface area contributed by atoms with E-state index in [-0.39, 0.29) is 6.10 Å². The summed E-state index contributed by atoms with van der Waals surface area (Å²) in [6.45, 7) is 0. The highest BCUT2D eigenvalue weighted by atomic mass is 16.3. The minimum atomic E-state index is 0.0474. The lowest BCUT2D eigenvalue weighted by molar-refractivity contribution is 0.140. The number of aliphatic hydroxyl groups excluding tert-OH is 1. The van der Waals surface area contributed by atoms with Gasteiger partial charge < -0.3 is 5.11 Å². The summed E-state index contributed by atoms with van der Waals surface area (Å²) in [6.07, 6.45) is 2.36. The number of hydrogen-bond acceptors (Lipinski definition) is 2. The second-order valence-electron chi connectivity index (χ2n) is 3.73. The molecule has 5 atom stereocenters. The minimum absolute atomic E-state index is 0.0474. The number of nitrogens with zero attached hydrogens (tertiary/aromatic N) is 1. The van der Waals surface area contributed by atoms with Crippen LogP contribution in [0.25, 0.3) is 0 Å². The molecular weight excluding hydrogens is 114 g/mol. The Morgan fingerprint density at radius 2 is 2.44 bits per heavy atom. The van der Waals surface area contributed by atoms with E-state index < -0.39 is 0 Å².